The second-order valence-electron chi connectivity index (χ2n) is 9.06. The van der Waals surface area contributed by atoms with Gasteiger partial charge in [-0.15, -0.1) is 13.2 Å². The molecule has 198 valence electrons. The highest BCUT2D eigenvalue weighted by Crippen LogP contribution is 2.21. The summed E-state index contributed by atoms with van der Waals surface area (Å²) in [5, 5.41) is 12.6. The van der Waals surface area contributed by atoms with Gasteiger partial charge >= 0.3 is 5.97 Å². The lowest BCUT2D eigenvalue weighted by Crippen LogP contribution is -2.45. The Balaban J connectivity index is 1.97. The Hall–Kier alpha value is -2.58. The molecule has 0 saturated carbocycles. The first kappa shape index (κ1) is 29.6. The summed E-state index contributed by atoms with van der Waals surface area (Å²) >= 11 is 1.65. The summed E-state index contributed by atoms with van der Waals surface area (Å²) in [7, 11) is 0. The van der Waals surface area contributed by atoms with Crippen LogP contribution in [0, 0.1) is 5.92 Å². The van der Waals surface area contributed by atoms with E-state index in [1.807, 2.05) is 30.3 Å². The van der Waals surface area contributed by atoms with E-state index in [1.54, 1.807) is 28.8 Å². The molecule has 0 spiro atoms. The SMILES string of the molecule is C=CCCCC(=O)OCC(CSCc1ccccc1)NC(=O)C(CC=C)CC(=O)N1CCCC1CO. The number of unbranched alkanes of at least 4 members (excludes halogenated alkanes) is 1. The van der Waals surface area contributed by atoms with Crippen LogP contribution >= 0.6 is 11.8 Å². The molecule has 2 N–H and O–H groups in total. The zero-order valence-electron chi connectivity index (χ0n) is 21.1. The maximum atomic E-state index is 13.2. The van der Waals surface area contributed by atoms with Gasteiger partial charge in [-0.25, -0.2) is 0 Å². The van der Waals surface area contributed by atoms with Crippen LogP contribution in [0.2, 0.25) is 0 Å². The van der Waals surface area contributed by atoms with Crippen LogP contribution in [0.15, 0.2) is 55.6 Å². The van der Waals surface area contributed by atoms with Crippen molar-refractivity contribution in [1.29, 1.82) is 0 Å². The quantitative estimate of drug-likeness (QED) is 0.185. The van der Waals surface area contributed by atoms with Crippen LogP contribution in [0.25, 0.3) is 0 Å². The summed E-state index contributed by atoms with van der Waals surface area (Å²) in [5.41, 5.74) is 1.17. The fourth-order valence-corrected chi connectivity index (χ4v) is 5.18. The molecular weight excluding hydrogens is 476 g/mol. The van der Waals surface area contributed by atoms with Crippen LogP contribution in [0.5, 0.6) is 0 Å². The molecule has 0 bridgehead atoms. The predicted molar refractivity (Wildman–Crippen MR) is 144 cm³/mol. The van der Waals surface area contributed by atoms with E-state index in [-0.39, 0.29) is 49.5 Å². The molecule has 0 radical (unpaired) electrons. The average molecular weight is 517 g/mol. The highest BCUT2D eigenvalue weighted by atomic mass is 32.2. The van der Waals surface area contributed by atoms with Gasteiger partial charge in [0.2, 0.25) is 11.8 Å². The van der Waals surface area contributed by atoms with Gasteiger partial charge in [0.15, 0.2) is 0 Å². The number of thioether (sulfide) groups is 1. The number of benzene rings is 1. The Kier molecular flexibility index (Phi) is 14.0. The smallest absolute Gasteiger partial charge is 0.305 e. The van der Waals surface area contributed by atoms with E-state index in [9.17, 15) is 19.5 Å². The molecule has 2 amide bonds. The molecular formula is C28H40N2O5S. The Morgan fingerprint density at radius 2 is 2.00 bits per heavy atom. The fourth-order valence-electron chi connectivity index (χ4n) is 4.17. The zero-order valence-corrected chi connectivity index (χ0v) is 21.9. The van der Waals surface area contributed by atoms with Crippen molar-refractivity contribution in [3.8, 4) is 0 Å². The third kappa shape index (κ3) is 10.6. The molecule has 2 rings (SSSR count). The maximum Gasteiger partial charge on any atom is 0.305 e. The summed E-state index contributed by atoms with van der Waals surface area (Å²) < 4.78 is 5.46. The molecule has 0 aliphatic carbocycles. The van der Waals surface area contributed by atoms with E-state index in [4.69, 9.17) is 4.74 Å². The Morgan fingerprint density at radius 3 is 2.69 bits per heavy atom. The maximum absolute atomic E-state index is 13.2. The van der Waals surface area contributed by atoms with Gasteiger partial charge in [-0.3, -0.25) is 14.4 Å². The number of nitrogens with one attached hydrogen (secondary N) is 1. The van der Waals surface area contributed by atoms with E-state index >= 15 is 0 Å². The summed E-state index contributed by atoms with van der Waals surface area (Å²) in [6.07, 6.45) is 7.18. The molecule has 1 aromatic rings. The highest BCUT2D eigenvalue weighted by Gasteiger charge is 2.31. The number of esters is 1. The number of nitrogens with zero attached hydrogens (tertiary/aromatic N) is 1. The van der Waals surface area contributed by atoms with Gasteiger partial charge in [-0.05, 0) is 37.7 Å². The standard InChI is InChI=1S/C28H40N2O5S/c1-3-5-7-15-27(33)35-19-24(21-36-20-22-12-8-6-9-13-22)29-28(34)23(11-4-2)17-26(32)30-16-10-14-25(30)18-31/h3-4,6,8-9,12-13,23-25,31H,1-2,5,7,10-11,14-21H2,(H,29,34). The van der Waals surface area contributed by atoms with Gasteiger partial charge in [0.1, 0.15) is 6.61 Å². The third-order valence-corrected chi connectivity index (χ3v) is 7.34. The number of allylic oxidation sites excluding steroid dienone is 2. The fraction of sp³-hybridized carbons (Fsp3) is 0.536. The Bertz CT molecular complexity index is 848. The van der Waals surface area contributed by atoms with Crippen LogP contribution < -0.4 is 5.32 Å². The topological polar surface area (TPSA) is 95.9 Å². The molecule has 0 aromatic heterocycles. The number of likely N-dealkylation sites (tertiary alicyclic amines) is 1. The first-order valence-electron chi connectivity index (χ1n) is 12.7. The van der Waals surface area contributed by atoms with Crippen LogP contribution in [0.1, 0.15) is 50.5 Å². The molecule has 3 unspecified atom stereocenters. The minimum Gasteiger partial charge on any atom is -0.463 e. The third-order valence-electron chi connectivity index (χ3n) is 6.16. The van der Waals surface area contributed by atoms with E-state index in [0.717, 1.165) is 25.0 Å². The van der Waals surface area contributed by atoms with Gasteiger partial charge in [0.05, 0.1) is 24.6 Å². The summed E-state index contributed by atoms with van der Waals surface area (Å²) in [4.78, 5) is 39.9. The number of hydrogen-bond donors (Lipinski definition) is 2. The molecule has 3 atom stereocenters. The number of aliphatic hydroxyl groups is 1. The molecule has 1 aliphatic heterocycles. The van der Waals surface area contributed by atoms with Gasteiger partial charge < -0.3 is 20.1 Å². The molecule has 1 aliphatic rings. The minimum absolute atomic E-state index is 0.0551. The molecule has 1 fully saturated rings. The molecule has 8 heteroatoms. The number of amides is 2. The largest absolute Gasteiger partial charge is 0.463 e. The monoisotopic (exact) mass is 516 g/mol. The average Bonchev–Trinajstić information content (AvgIpc) is 3.37. The van der Waals surface area contributed by atoms with Gasteiger partial charge in [0.25, 0.3) is 0 Å². The van der Waals surface area contributed by atoms with Gasteiger partial charge in [0, 0.05) is 30.9 Å². The number of aliphatic hydroxyl groups excluding tert-OH is 1. The lowest BCUT2D eigenvalue weighted by molar-refractivity contribution is -0.145. The van der Waals surface area contributed by atoms with Crippen molar-refractivity contribution in [3.05, 3.63) is 61.2 Å². The summed E-state index contributed by atoms with van der Waals surface area (Å²) in [6, 6.07) is 9.47. The minimum atomic E-state index is -0.570. The molecule has 7 nitrogen and oxygen atoms in total. The van der Waals surface area contributed by atoms with Gasteiger partial charge in [-0.1, -0.05) is 42.5 Å². The molecule has 36 heavy (non-hydrogen) atoms. The van der Waals surface area contributed by atoms with E-state index in [2.05, 4.69) is 18.5 Å². The van der Waals surface area contributed by atoms with Crippen molar-refractivity contribution < 1.29 is 24.2 Å². The second kappa shape index (κ2) is 17.0. The van der Waals surface area contributed by atoms with Crippen molar-refractivity contribution in [3.63, 3.8) is 0 Å². The Morgan fingerprint density at radius 1 is 1.22 bits per heavy atom. The highest BCUT2D eigenvalue weighted by molar-refractivity contribution is 7.98. The molecule has 1 heterocycles. The van der Waals surface area contributed by atoms with Crippen LogP contribution in [-0.4, -0.2) is 65.4 Å². The first-order valence-corrected chi connectivity index (χ1v) is 13.8. The molecule has 1 saturated heterocycles. The van der Waals surface area contributed by atoms with Crippen LogP contribution in [0.3, 0.4) is 0 Å². The summed E-state index contributed by atoms with van der Waals surface area (Å²) in [5.74, 6) is 0.0831. The van der Waals surface area contributed by atoms with Gasteiger partial charge in [-0.2, -0.15) is 11.8 Å². The van der Waals surface area contributed by atoms with Crippen molar-refractivity contribution in [1.82, 2.24) is 10.2 Å². The van der Waals surface area contributed by atoms with E-state index in [1.165, 1.54) is 5.56 Å². The number of carbonyl (C=O) groups is 3. The first-order chi connectivity index (χ1) is 17.5. The zero-order chi connectivity index (χ0) is 26.2. The molecule has 1 aromatic carbocycles. The number of rotatable bonds is 17. The van der Waals surface area contributed by atoms with Crippen molar-refractivity contribution >= 4 is 29.5 Å². The van der Waals surface area contributed by atoms with Crippen LogP contribution in [0.4, 0.5) is 0 Å². The number of carbonyl (C=O) groups excluding carboxylic acids is 3. The Labute approximate surface area is 219 Å². The number of ether oxygens (including phenoxy) is 1. The lowest BCUT2D eigenvalue weighted by atomic mass is 9.98. The van der Waals surface area contributed by atoms with E-state index < -0.39 is 5.92 Å². The van der Waals surface area contributed by atoms with Crippen molar-refractivity contribution in [2.45, 2.75) is 62.8 Å². The van der Waals surface area contributed by atoms with E-state index in [0.29, 0.717) is 31.6 Å². The second-order valence-corrected chi connectivity index (χ2v) is 10.1. The predicted octanol–water partition coefficient (Wildman–Crippen LogP) is 3.87. The normalized spacial score (nSPS) is 16.7. The lowest BCUT2D eigenvalue weighted by Gasteiger charge is -2.26. The summed E-state index contributed by atoms with van der Waals surface area (Å²) in [6.45, 7) is 8.03. The number of hydrogen-bond acceptors (Lipinski definition) is 6. The van der Waals surface area contributed by atoms with Crippen LogP contribution in [-0.2, 0) is 24.9 Å². The van der Waals surface area contributed by atoms with Crippen molar-refractivity contribution in [2.75, 3.05) is 25.5 Å². The van der Waals surface area contributed by atoms with Crippen molar-refractivity contribution in [2.24, 2.45) is 5.92 Å².